The van der Waals surface area contributed by atoms with Gasteiger partial charge in [-0.05, 0) is 42.3 Å². The van der Waals surface area contributed by atoms with Crippen molar-refractivity contribution < 1.29 is 13.9 Å². The van der Waals surface area contributed by atoms with Crippen molar-refractivity contribution >= 4 is 29.0 Å². The van der Waals surface area contributed by atoms with Gasteiger partial charge in [0.1, 0.15) is 0 Å². The number of benzene rings is 1. The Morgan fingerprint density at radius 3 is 2.62 bits per heavy atom. The average Bonchev–Trinajstić information content (AvgIpc) is 3.45. The van der Waals surface area contributed by atoms with Crippen LogP contribution >= 0.6 is 11.8 Å². The third-order valence-corrected chi connectivity index (χ3v) is 6.06. The number of morpholine rings is 1. The fraction of sp³-hybridized carbons (Fsp3) is 0.435. The Bertz CT molecular complexity index is 995. The second kappa shape index (κ2) is 10.7. The Hall–Kier alpha value is -2.78. The van der Waals surface area contributed by atoms with E-state index in [1.165, 1.54) is 11.8 Å². The minimum Gasteiger partial charge on any atom is -0.461 e. The summed E-state index contributed by atoms with van der Waals surface area (Å²) in [6, 6.07) is 11.7. The number of carbonyl (C=O) groups excluding carboxylic acids is 1. The van der Waals surface area contributed by atoms with E-state index in [2.05, 4.69) is 38.8 Å². The number of thioether (sulfide) groups is 1. The van der Waals surface area contributed by atoms with Gasteiger partial charge >= 0.3 is 0 Å². The van der Waals surface area contributed by atoms with Gasteiger partial charge in [-0.2, -0.15) is 0 Å². The molecule has 1 aromatic carbocycles. The van der Waals surface area contributed by atoms with Crippen LogP contribution in [-0.4, -0.2) is 52.7 Å². The standard InChI is InChI=1S/C23H29N5O3S/c1-17(2)16-28-22(20-4-3-12-31-20)25-26-23(28)32-15-9-21(29)24-18-5-7-19(8-6-18)27-10-13-30-14-11-27/h3-8,12,17H,9-11,13-16H2,1-2H3,(H,24,29). The normalized spacial score (nSPS) is 14.2. The first-order valence-corrected chi connectivity index (χ1v) is 11.9. The largest absolute Gasteiger partial charge is 0.461 e. The number of hydrogen-bond acceptors (Lipinski definition) is 7. The molecule has 0 atom stereocenters. The summed E-state index contributed by atoms with van der Waals surface area (Å²) in [4.78, 5) is 14.7. The summed E-state index contributed by atoms with van der Waals surface area (Å²) >= 11 is 1.54. The summed E-state index contributed by atoms with van der Waals surface area (Å²) < 4.78 is 13.0. The number of furan rings is 1. The minimum absolute atomic E-state index is 0.0159. The molecule has 8 nitrogen and oxygen atoms in total. The van der Waals surface area contributed by atoms with E-state index >= 15 is 0 Å². The van der Waals surface area contributed by atoms with Crippen molar-refractivity contribution in [3.63, 3.8) is 0 Å². The Balaban J connectivity index is 1.30. The molecule has 0 bridgehead atoms. The van der Waals surface area contributed by atoms with Crippen LogP contribution in [0.15, 0.2) is 52.2 Å². The van der Waals surface area contributed by atoms with E-state index < -0.39 is 0 Å². The summed E-state index contributed by atoms with van der Waals surface area (Å²) in [6.45, 7) is 8.38. The molecule has 1 aliphatic rings. The predicted molar refractivity (Wildman–Crippen MR) is 126 cm³/mol. The highest BCUT2D eigenvalue weighted by atomic mass is 32.2. The summed E-state index contributed by atoms with van der Waals surface area (Å²) in [5.41, 5.74) is 1.96. The molecular formula is C23H29N5O3S. The molecule has 2 aromatic heterocycles. The highest BCUT2D eigenvalue weighted by Crippen LogP contribution is 2.26. The fourth-order valence-electron chi connectivity index (χ4n) is 3.55. The SMILES string of the molecule is CC(C)Cn1c(SCCC(=O)Nc2ccc(N3CCOCC3)cc2)nnc1-c1ccco1. The highest BCUT2D eigenvalue weighted by Gasteiger charge is 2.17. The van der Waals surface area contributed by atoms with Gasteiger partial charge in [-0.15, -0.1) is 10.2 Å². The Kier molecular flexibility index (Phi) is 7.49. The predicted octanol–water partition coefficient (Wildman–Crippen LogP) is 4.15. The van der Waals surface area contributed by atoms with E-state index in [1.54, 1.807) is 6.26 Å². The number of anilines is 2. The first-order chi connectivity index (χ1) is 15.6. The van der Waals surface area contributed by atoms with E-state index in [1.807, 2.05) is 36.4 Å². The Labute approximate surface area is 192 Å². The Morgan fingerprint density at radius 2 is 1.94 bits per heavy atom. The summed E-state index contributed by atoms with van der Waals surface area (Å²) in [5, 5.41) is 12.4. The molecule has 0 aliphatic carbocycles. The molecule has 0 radical (unpaired) electrons. The van der Waals surface area contributed by atoms with Crippen LogP contribution in [0, 0.1) is 5.92 Å². The molecule has 0 spiro atoms. The number of rotatable bonds is 9. The fourth-order valence-corrected chi connectivity index (χ4v) is 4.43. The molecule has 170 valence electrons. The van der Waals surface area contributed by atoms with Gasteiger partial charge in [0.25, 0.3) is 0 Å². The number of ether oxygens (including phenoxy) is 1. The first kappa shape index (κ1) is 22.4. The maximum Gasteiger partial charge on any atom is 0.225 e. The van der Waals surface area contributed by atoms with E-state index in [-0.39, 0.29) is 5.91 Å². The van der Waals surface area contributed by atoms with Crippen molar-refractivity contribution in [2.45, 2.75) is 32.0 Å². The van der Waals surface area contributed by atoms with Gasteiger partial charge in [0.05, 0.1) is 19.5 Å². The van der Waals surface area contributed by atoms with Crippen LogP contribution in [0.5, 0.6) is 0 Å². The van der Waals surface area contributed by atoms with Crippen LogP contribution < -0.4 is 10.2 Å². The van der Waals surface area contributed by atoms with Crippen molar-refractivity contribution in [2.75, 3.05) is 42.3 Å². The van der Waals surface area contributed by atoms with E-state index in [0.29, 0.717) is 23.9 Å². The van der Waals surface area contributed by atoms with Gasteiger partial charge in [0.15, 0.2) is 16.7 Å². The number of nitrogens with one attached hydrogen (secondary N) is 1. The van der Waals surface area contributed by atoms with Gasteiger partial charge in [0, 0.05) is 43.2 Å². The zero-order chi connectivity index (χ0) is 22.3. The molecule has 0 saturated carbocycles. The molecule has 1 saturated heterocycles. The molecule has 3 aromatic rings. The second-order valence-corrected chi connectivity index (χ2v) is 9.14. The lowest BCUT2D eigenvalue weighted by molar-refractivity contribution is -0.115. The van der Waals surface area contributed by atoms with Gasteiger partial charge in [-0.25, -0.2) is 0 Å². The van der Waals surface area contributed by atoms with Crippen LogP contribution in [0.1, 0.15) is 20.3 Å². The molecule has 1 N–H and O–H groups in total. The number of aromatic nitrogens is 3. The molecule has 1 fully saturated rings. The minimum atomic E-state index is -0.0159. The van der Waals surface area contributed by atoms with E-state index in [9.17, 15) is 4.79 Å². The lowest BCUT2D eigenvalue weighted by atomic mass is 10.2. The molecule has 3 heterocycles. The molecule has 32 heavy (non-hydrogen) atoms. The third-order valence-electron chi connectivity index (χ3n) is 5.09. The maximum absolute atomic E-state index is 12.4. The van der Waals surface area contributed by atoms with E-state index in [0.717, 1.165) is 55.2 Å². The van der Waals surface area contributed by atoms with Gasteiger partial charge in [-0.3, -0.25) is 9.36 Å². The van der Waals surface area contributed by atoms with Crippen molar-refractivity contribution in [3.8, 4) is 11.6 Å². The zero-order valence-electron chi connectivity index (χ0n) is 18.5. The quantitative estimate of drug-likeness (QED) is 0.485. The average molecular weight is 456 g/mol. The highest BCUT2D eigenvalue weighted by molar-refractivity contribution is 7.99. The molecular weight excluding hydrogens is 426 g/mol. The van der Waals surface area contributed by atoms with Crippen molar-refractivity contribution in [1.29, 1.82) is 0 Å². The Morgan fingerprint density at radius 1 is 1.16 bits per heavy atom. The topological polar surface area (TPSA) is 85.4 Å². The van der Waals surface area contributed by atoms with Crippen LogP contribution in [0.2, 0.25) is 0 Å². The number of carbonyl (C=O) groups is 1. The molecule has 0 unspecified atom stereocenters. The number of amides is 1. The first-order valence-electron chi connectivity index (χ1n) is 10.9. The molecule has 1 aliphatic heterocycles. The lowest BCUT2D eigenvalue weighted by Gasteiger charge is -2.28. The second-order valence-electron chi connectivity index (χ2n) is 8.08. The maximum atomic E-state index is 12.4. The number of hydrogen-bond donors (Lipinski definition) is 1. The smallest absolute Gasteiger partial charge is 0.225 e. The summed E-state index contributed by atoms with van der Waals surface area (Å²) in [5.74, 6) is 2.45. The van der Waals surface area contributed by atoms with Crippen LogP contribution in [0.25, 0.3) is 11.6 Å². The van der Waals surface area contributed by atoms with Gasteiger partial charge in [-0.1, -0.05) is 25.6 Å². The van der Waals surface area contributed by atoms with Crippen LogP contribution in [0.4, 0.5) is 11.4 Å². The van der Waals surface area contributed by atoms with Gasteiger partial charge < -0.3 is 19.4 Å². The third kappa shape index (κ3) is 5.72. The van der Waals surface area contributed by atoms with Crippen LogP contribution in [0.3, 0.4) is 0 Å². The van der Waals surface area contributed by atoms with Crippen LogP contribution in [-0.2, 0) is 16.1 Å². The van der Waals surface area contributed by atoms with Crippen molar-refractivity contribution in [1.82, 2.24) is 14.8 Å². The zero-order valence-corrected chi connectivity index (χ0v) is 19.3. The van der Waals surface area contributed by atoms with Crippen molar-refractivity contribution in [3.05, 3.63) is 42.7 Å². The molecule has 4 rings (SSSR count). The lowest BCUT2D eigenvalue weighted by Crippen LogP contribution is -2.36. The van der Waals surface area contributed by atoms with Gasteiger partial charge in [0.2, 0.25) is 5.91 Å². The summed E-state index contributed by atoms with van der Waals surface area (Å²) in [6.07, 6.45) is 2.02. The molecule has 9 heteroatoms. The number of nitrogens with zero attached hydrogens (tertiary/aromatic N) is 4. The molecule has 1 amide bonds. The summed E-state index contributed by atoms with van der Waals surface area (Å²) in [7, 11) is 0. The monoisotopic (exact) mass is 455 g/mol. The van der Waals surface area contributed by atoms with E-state index in [4.69, 9.17) is 9.15 Å². The van der Waals surface area contributed by atoms with Crippen molar-refractivity contribution in [2.24, 2.45) is 5.92 Å².